The van der Waals surface area contributed by atoms with Crippen molar-refractivity contribution in [1.29, 1.82) is 0 Å². The van der Waals surface area contributed by atoms with Gasteiger partial charge in [-0.2, -0.15) is 0 Å². The topological polar surface area (TPSA) is 94.1 Å². The van der Waals surface area contributed by atoms with Gasteiger partial charge >= 0.3 is 5.97 Å². The first-order valence-electron chi connectivity index (χ1n) is 22.9. The summed E-state index contributed by atoms with van der Waals surface area (Å²) in [5.41, 5.74) is 0. The largest absolute Gasteiger partial charge is 0.756 e. The number of rotatable bonds is 40. The number of unbranched alkanes of at least 4 members (excludes halogenated alkanes) is 4. The molecule has 9 heteroatoms. The van der Waals surface area contributed by atoms with Crippen LogP contribution in [0.15, 0.2) is 134 Å². The molecule has 0 heterocycles. The van der Waals surface area contributed by atoms with Gasteiger partial charge in [-0.15, -0.1) is 0 Å². The molecule has 61 heavy (non-hydrogen) atoms. The van der Waals surface area contributed by atoms with E-state index in [1.165, 1.54) is 0 Å². The minimum absolute atomic E-state index is 0.000394. The van der Waals surface area contributed by atoms with Gasteiger partial charge < -0.3 is 27.9 Å². The molecule has 0 saturated carbocycles. The maximum atomic E-state index is 12.7. The van der Waals surface area contributed by atoms with Gasteiger partial charge in [-0.3, -0.25) is 9.36 Å². The van der Waals surface area contributed by atoms with Gasteiger partial charge in [0.2, 0.25) is 0 Å². The van der Waals surface area contributed by atoms with Crippen LogP contribution in [0.1, 0.15) is 129 Å². The molecule has 0 amide bonds. The lowest BCUT2D eigenvalue weighted by Crippen LogP contribution is -2.37. The molecule has 8 nitrogen and oxygen atoms in total. The second-order valence-corrected chi connectivity index (χ2v) is 17.1. The number of hydrogen-bond donors (Lipinski definition) is 0. The standard InChI is InChI=1S/C52H84NO7P/c1-6-8-10-12-14-16-18-20-22-24-25-26-27-28-30-32-34-36-38-40-42-44-47-57-49-51(50-59-61(55,56)58-48-46-53(3,4)5)60-52(54)45-43-41-39-37-35-33-31-29-23-21-19-17-15-13-11-9-7-2/h8-11,14-17,20-23,25-26,28,30-31,33-34,36-37,39,51H,6-7,12-13,18-19,24,27,29,32,35,38,40-50H2,1-5H3/b10-8-,11-9-,16-14-,17-15-,22-20-,23-21-,26-25-,30-28-,33-31-,36-34-,39-37-. The van der Waals surface area contributed by atoms with Crippen molar-refractivity contribution in [2.45, 2.75) is 136 Å². The van der Waals surface area contributed by atoms with E-state index < -0.39 is 19.9 Å². The Morgan fingerprint density at radius 2 is 0.902 bits per heavy atom. The number of allylic oxidation sites excluding steroid dienone is 22. The van der Waals surface area contributed by atoms with E-state index in [1.807, 2.05) is 21.1 Å². The first-order valence-corrected chi connectivity index (χ1v) is 24.4. The summed E-state index contributed by atoms with van der Waals surface area (Å²) >= 11 is 0. The third-order valence-electron chi connectivity index (χ3n) is 8.70. The number of phosphoric acid groups is 1. The molecule has 0 saturated heterocycles. The second-order valence-electron chi connectivity index (χ2n) is 15.6. The number of quaternary nitrogens is 1. The lowest BCUT2D eigenvalue weighted by Gasteiger charge is -2.28. The van der Waals surface area contributed by atoms with E-state index in [0.29, 0.717) is 24.1 Å². The molecule has 0 aliphatic carbocycles. The quantitative estimate of drug-likeness (QED) is 0.0199. The normalized spacial score (nSPS) is 14.9. The van der Waals surface area contributed by atoms with Gasteiger partial charge in [0.25, 0.3) is 7.82 Å². The molecule has 0 aromatic rings. The Morgan fingerprint density at radius 1 is 0.508 bits per heavy atom. The Balaban J connectivity index is 4.42. The van der Waals surface area contributed by atoms with E-state index in [-0.39, 0.29) is 26.2 Å². The van der Waals surface area contributed by atoms with Crippen molar-refractivity contribution in [3.05, 3.63) is 134 Å². The fourth-order valence-corrected chi connectivity index (χ4v) is 5.96. The zero-order valence-electron chi connectivity index (χ0n) is 38.8. The number of phosphoric ester groups is 1. The van der Waals surface area contributed by atoms with Gasteiger partial charge in [-0.05, 0) is 103 Å². The zero-order chi connectivity index (χ0) is 44.8. The average molecular weight is 866 g/mol. The Bertz CT molecular complexity index is 1420. The molecule has 344 valence electrons. The summed E-state index contributed by atoms with van der Waals surface area (Å²) in [7, 11) is 1.27. The number of nitrogens with zero attached hydrogens (tertiary/aromatic N) is 1. The first kappa shape index (κ1) is 57.6. The van der Waals surface area contributed by atoms with Crippen molar-refractivity contribution in [2.75, 3.05) is 54.1 Å². The van der Waals surface area contributed by atoms with Crippen LogP contribution >= 0.6 is 7.82 Å². The molecule has 2 unspecified atom stereocenters. The van der Waals surface area contributed by atoms with E-state index >= 15 is 0 Å². The number of carbonyl (C=O) groups is 1. The van der Waals surface area contributed by atoms with E-state index in [9.17, 15) is 14.3 Å². The molecule has 0 spiro atoms. The van der Waals surface area contributed by atoms with E-state index in [0.717, 1.165) is 103 Å². The molecule has 0 aliphatic rings. The van der Waals surface area contributed by atoms with Crippen LogP contribution in [-0.2, 0) is 27.9 Å². The highest BCUT2D eigenvalue weighted by molar-refractivity contribution is 7.45. The Labute approximate surface area is 373 Å². The molecular weight excluding hydrogens is 782 g/mol. The molecule has 0 aliphatic heterocycles. The second kappa shape index (κ2) is 43.3. The maximum Gasteiger partial charge on any atom is 0.306 e. The van der Waals surface area contributed by atoms with Crippen LogP contribution in [0.25, 0.3) is 0 Å². The van der Waals surface area contributed by atoms with Crippen molar-refractivity contribution >= 4 is 13.8 Å². The molecular formula is C52H84NO7P. The fourth-order valence-electron chi connectivity index (χ4n) is 5.23. The number of esters is 1. The van der Waals surface area contributed by atoms with Crippen molar-refractivity contribution in [3.63, 3.8) is 0 Å². The number of hydrogen-bond acceptors (Lipinski definition) is 7. The van der Waals surface area contributed by atoms with Crippen molar-refractivity contribution < 1.29 is 37.3 Å². The summed E-state index contributed by atoms with van der Waals surface area (Å²) in [6.07, 6.45) is 63.4. The van der Waals surface area contributed by atoms with Gasteiger partial charge in [0.1, 0.15) is 19.3 Å². The summed E-state index contributed by atoms with van der Waals surface area (Å²) in [4.78, 5) is 25.1. The predicted molar refractivity (Wildman–Crippen MR) is 258 cm³/mol. The van der Waals surface area contributed by atoms with Gasteiger partial charge in [0.15, 0.2) is 0 Å². The first-order chi connectivity index (χ1) is 29.6. The highest BCUT2D eigenvalue weighted by atomic mass is 31.2. The van der Waals surface area contributed by atoms with Crippen molar-refractivity contribution in [2.24, 2.45) is 0 Å². The molecule has 0 bridgehead atoms. The van der Waals surface area contributed by atoms with Crippen LogP contribution in [0.2, 0.25) is 0 Å². The van der Waals surface area contributed by atoms with E-state index in [2.05, 4.69) is 148 Å². The van der Waals surface area contributed by atoms with Crippen LogP contribution in [0.3, 0.4) is 0 Å². The Hall–Kier alpha value is -3.36. The summed E-state index contributed by atoms with van der Waals surface area (Å²) in [5, 5.41) is 0. The maximum absolute atomic E-state index is 12.7. The van der Waals surface area contributed by atoms with Gasteiger partial charge in [-0.1, -0.05) is 154 Å². The zero-order valence-corrected chi connectivity index (χ0v) is 39.7. The van der Waals surface area contributed by atoms with Crippen molar-refractivity contribution in [1.82, 2.24) is 0 Å². The van der Waals surface area contributed by atoms with Gasteiger partial charge in [0, 0.05) is 13.0 Å². The van der Waals surface area contributed by atoms with Crippen LogP contribution in [0.5, 0.6) is 0 Å². The van der Waals surface area contributed by atoms with Crippen molar-refractivity contribution in [3.8, 4) is 0 Å². The lowest BCUT2D eigenvalue weighted by molar-refractivity contribution is -0.870. The third kappa shape index (κ3) is 47.5. The van der Waals surface area contributed by atoms with Crippen LogP contribution in [0.4, 0.5) is 0 Å². The molecule has 0 radical (unpaired) electrons. The summed E-state index contributed by atoms with van der Waals surface area (Å²) < 4.78 is 34.5. The summed E-state index contributed by atoms with van der Waals surface area (Å²) in [6, 6.07) is 0. The SMILES string of the molecule is CC/C=C\C/C=C\C/C=C\C/C=C\C/C=C\C/C=C\CCCCCOCC(COP(=O)([O-])OCC[N+](C)(C)C)OC(=O)CCC/C=C\C/C=C\C/C=C\C/C=C\C/C=C\CC. The fraction of sp³-hybridized carbons (Fsp3) is 0.558. The monoisotopic (exact) mass is 866 g/mol. The number of carbonyl (C=O) groups excluding carboxylic acids is 1. The smallest absolute Gasteiger partial charge is 0.306 e. The third-order valence-corrected chi connectivity index (χ3v) is 9.66. The molecule has 0 aromatic heterocycles. The van der Waals surface area contributed by atoms with E-state index in [4.69, 9.17) is 18.5 Å². The highest BCUT2D eigenvalue weighted by Gasteiger charge is 2.20. The Kier molecular flexibility index (Phi) is 40.9. The number of likely N-dealkylation sites (N-methyl/N-ethyl adjacent to an activating group) is 1. The molecule has 0 aromatic carbocycles. The molecule has 2 atom stereocenters. The number of ether oxygens (including phenoxy) is 2. The van der Waals surface area contributed by atoms with Gasteiger partial charge in [-0.25, -0.2) is 0 Å². The lowest BCUT2D eigenvalue weighted by atomic mass is 10.2. The van der Waals surface area contributed by atoms with E-state index in [1.54, 1.807) is 0 Å². The molecule has 0 fully saturated rings. The highest BCUT2D eigenvalue weighted by Crippen LogP contribution is 2.38. The van der Waals surface area contributed by atoms with Crippen LogP contribution in [0, 0.1) is 0 Å². The Morgan fingerprint density at radius 3 is 1.31 bits per heavy atom. The minimum atomic E-state index is -4.56. The van der Waals surface area contributed by atoms with Gasteiger partial charge in [0.05, 0.1) is 34.4 Å². The molecule has 0 N–H and O–H groups in total. The van der Waals surface area contributed by atoms with Crippen LogP contribution in [-0.4, -0.2) is 70.7 Å². The predicted octanol–water partition coefficient (Wildman–Crippen LogP) is 13.3. The van der Waals surface area contributed by atoms with Crippen LogP contribution < -0.4 is 4.89 Å². The summed E-state index contributed by atoms with van der Waals surface area (Å²) in [6.45, 7) is 4.97. The average Bonchev–Trinajstić information content (AvgIpc) is 3.22. The minimum Gasteiger partial charge on any atom is -0.756 e. The molecule has 0 rings (SSSR count). The summed E-state index contributed by atoms with van der Waals surface area (Å²) in [5.74, 6) is -0.410.